The SMILES string of the molecule is N#CC1(NC(=O)C2Cc3ccc(c(Cl)c3)OCCCCOc3ccc(C4CNC4)cc3C(=O)N2)CC1. The van der Waals surface area contributed by atoms with Crippen LogP contribution in [0.4, 0.5) is 0 Å². The number of rotatable bonds is 3. The second kappa shape index (κ2) is 10.4. The lowest BCUT2D eigenvalue weighted by molar-refractivity contribution is -0.123. The monoisotopic (exact) mass is 508 g/mol. The van der Waals surface area contributed by atoms with Gasteiger partial charge in [0.2, 0.25) is 5.91 Å². The lowest BCUT2D eigenvalue weighted by atomic mass is 9.92. The number of nitriles is 1. The standard InChI is InChI=1S/C27H29ClN4O4/c28-21-11-17-3-5-24(21)36-10-2-1-9-35-23-6-4-18(19-14-30-15-19)13-20(23)25(33)31-22(12-17)26(34)32-27(16-29)7-8-27/h3-6,11,13,19,22,30H,1-2,7-10,12,14-15H2,(H,31,33)(H,32,34). The summed E-state index contributed by atoms with van der Waals surface area (Å²) >= 11 is 6.44. The number of fused-ring (bicyclic) bond motifs is 10. The number of hydrogen-bond acceptors (Lipinski definition) is 6. The van der Waals surface area contributed by atoms with E-state index < -0.39 is 17.5 Å². The second-order valence-electron chi connectivity index (χ2n) is 9.69. The number of carbonyl (C=O) groups is 2. The molecule has 36 heavy (non-hydrogen) atoms. The molecule has 2 aromatic rings. The van der Waals surface area contributed by atoms with Crippen LogP contribution >= 0.6 is 11.6 Å². The molecular formula is C27H29ClN4O4. The molecule has 2 fully saturated rings. The lowest BCUT2D eigenvalue weighted by Gasteiger charge is -2.28. The Balaban J connectivity index is 1.46. The molecule has 2 aromatic carbocycles. The molecule has 0 aromatic heterocycles. The van der Waals surface area contributed by atoms with Crippen molar-refractivity contribution < 1.29 is 19.1 Å². The van der Waals surface area contributed by atoms with E-state index in [0.29, 0.717) is 54.1 Å². The van der Waals surface area contributed by atoms with Gasteiger partial charge in [0.05, 0.1) is 29.9 Å². The Hall–Kier alpha value is -3.28. The molecule has 188 valence electrons. The highest BCUT2D eigenvalue weighted by molar-refractivity contribution is 6.32. The zero-order valence-corrected chi connectivity index (χ0v) is 20.7. The van der Waals surface area contributed by atoms with Gasteiger partial charge in [-0.3, -0.25) is 9.59 Å². The summed E-state index contributed by atoms with van der Waals surface area (Å²) in [5.74, 6) is 0.604. The molecule has 1 saturated heterocycles. The third-order valence-electron chi connectivity index (χ3n) is 6.94. The largest absolute Gasteiger partial charge is 0.493 e. The molecule has 1 aliphatic carbocycles. The van der Waals surface area contributed by atoms with Gasteiger partial charge in [-0.15, -0.1) is 0 Å². The summed E-state index contributed by atoms with van der Waals surface area (Å²) in [6.07, 6.45) is 2.93. The summed E-state index contributed by atoms with van der Waals surface area (Å²) in [6, 6.07) is 12.3. The van der Waals surface area contributed by atoms with Crippen LogP contribution in [-0.2, 0) is 11.2 Å². The summed E-state index contributed by atoms with van der Waals surface area (Å²) in [5, 5.41) is 18.9. The lowest BCUT2D eigenvalue weighted by Crippen LogP contribution is -2.51. The average Bonchev–Trinajstić information content (AvgIpc) is 3.60. The van der Waals surface area contributed by atoms with Gasteiger partial charge < -0.3 is 25.4 Å². The van der Waals surface area contributed by atoms with E-state index in [4.69, 9.17) is 21.1 Å². The summed E-state index contributed by atoms with van der Waals surface area (Å²) in [7, 11) is 0. The third kappa shape index (κ3) is 5.43. The van der Waals surface area contributed by atoms with Gasteiger partial charge in [-0.25, -0.2) is 0 Å². The minimum Gasteiger partial charge on any atom is -0.493 e. The van der Waals surface area contributed by atoms with E-state index in [9.17, 15) is 14.9 Å². The Kier molecular flexibility index (Phi) is 7.04. The molecule has 8 nitrogen and oxygen atoms in total. The molecule has 0 spiro atoms. The molecular weight excluding hydrogens is 480 g/mol. The number of hydrogen-bond donors (Lipinski definition) is 3. The van der Waals surface area contributed by atoms with Gasteiger partial charge in [0, 0.05) is 25.4 Å². The zero-order valence-electron chi connectivity index (χ0n) is 19.9. The van der Waals surface area contributed by atoms with Gasteiger partial charge in [0.25, 0.3) is 5.91 Å². The van der Waals surface area contributed by atoms with Gasteiger partial charge in [-0.1, -0.05) is 23.7 Å². The smallest absolute Gasteiger partial charge is 0.255 e. The van der Waals surface area contributed by atoms with Crippen LogP contribution in [0.3, 0.4) is 0 Å². The van der Waals surface area contributed by atoms with Crippen LogP contribution in [-0.4, -0.2) is 49.7 Å². The second-order valence-corrected chi connectivity index (χ2v) is 10.1. The van der Waals surface area contributed by atoms with Crippen molar-refractivity contribution in [2.75, 3.05) is 26.3 Å². The molecule has 2 bridgehead atoms. The fraction of sp³-hybridized carbons (Fsp3) is 0.444. The quantitative estimate of drug-likeness (QED) is 0.587. The molecule has 2 amide bonds. The molecule has 1 atom stereocenters. The maximum Gasteiger partial charge on any atom is 0.255 e. The van der Waals surface area contributed by atoms with Crippen LogP contribution in [0.2, 0.25) is 5.02 Å². The topological polar surface area (TPSA) is 112 Å². The maximum atomic E-state index is 13.6. The van der Waals surface area contributed by atoms with E-state index in [0.717, 1.165) is 37.1 Å². The fourth-order valence-electron chi connectivity index (χ4n) is 4.38. The number of nitrogens with one attached hydrogen (secondary N) is 3. The van der Waals surface area contributed by atoms with Crippen molar-refractivity contribution in [1.82, 2.24) is 16.0 Å². The Morgan fingerprint density at radius 2 is 1.81 bits per heavy atom. The van der Waals surface area contributed by atoms with Crippen LogP contribution in [0.5, 0.6) is 11.5 Å². The van der Waals surface area contributed by atoms with Crippen LogP contribution in [0.1, 0.15) is 53.1 Å². The first-order valence-electron chi connectivity index (χ1n) is 12.4. The van der Waals surface area contributed by atoms with Crippen molar-refractivity contribution in [2.24, 2.45) is 0 Å². The van der Waals surface area contributed by atoms with Crippen molar-refractivity contribution in [3.8, 4) is 17.6 Å². The Bertz CT molecular complexity index is 1200. The highest BCUT2D eigenvalue weighted by Crippen LogP contribution is 2.34. The minimum absolute atomic E-state index is 0.210. The molecule has 1 saturated carbocycles. The van der Waals surface area contributed by atoms with Gasteiger partial charge in [-0.2, -0.15) is 5.26 Å². The van der Waals surface area contributed by atoms with E-state index in [-0.39, 0.29) is 12.3 Å². The zero-order chi connectivity index (χ0) is 25.1. The Morgan fingerprint density at radius 3 is 2.44 bits per heavy atom. The van der Waals surface area contributed by atoms with Crippen molar-refractivity contribution in [2.45, 2.75) is 49.6 Å². The van der Waals surface area contributed by atoms with Crippen LogP contribution in [0, 0.1) is 11.3 Å². The first kappa shape index (κ1) is 24.4. The fourth-order valence-corrected chi connectivity index (χ4v) is 4.64. The number of nitrogens with zero attached hydrogens (tertiary/aromatic N) is 1. The number of carbonyl (C=O) groups excluding carboxylic acids is 2. The van der Waals surface area contributed by atoms with E-state index >= 15 is 0 Å². The first-order valence-corrected chi connectivity index (χ1v) is 12.8. The van der Waals surface area contributed by atoms with Crippen LogP contribution in [0.15, 0.2) is 36.4 Å². The molecule has 3 heterocycles. The van der Waals surface area contributed by atoms with Crippen molar-refractivity contribution in [1.29, 1.82) is 5.26 Å². The van der Waals surface area contributed by atoms with E-state index in [2.05, 4.69) is 22.0 Å². The maximum absolute atomic E-state index is 13.6. The number of ether oxygens (including phenoxy) is 2. The predicted molar refractivity (Wildman–Crippen MR) is 134 cm³/mol. The Morgan fingerprint density at radius 1 is 1.08 bits per heavy atom. The van der Waals surface area contributed by atoms with Gasteiger partial charge in [-0.05, 0) is 61.1 Å². The van der Waals surface area contributed by atoms with Gasteiger partial charge in [0.1, 0.15) is 23.1 Å². The minimum atomic E-state index is -0.902. The van der Waals surface area contributed by atoms with Crippen LogP contribution in [0.25, 0.3) is 0 Å². The number of benzene rings is 2. The van der Waals surface area contributed by atoms with Crippen molar-refractivity contribution >= 4 is 23.4 Å². The molecule has 6 rings (SSSR count). The molecule has 4 aliphatic rings. The first-order chi connectivity index (χ1) is 17.5. The summed E-state index contributed by atoms with van der Waals surface area (Å²) in [4.78, 5) is 26.8. The van der Waals surface area contributed by atoms with Crippen LogP contribution < -0.4 is 25.4 Å². The normalized spacial score (nSPS) is 21.6. The molecule has 1 unspecified atom stereocenters. The summed E-state index contributed by atoms with van der Waals surface area (Å²) in [6.45, 7) is 2.64. The van der Waals surface area contributed by atoms with Crippen molar-refractivity contribution in [3.05, 3.63) is 58.1 Å². The van der Waals surface area contributed by atoms with Crippen molar-refractivity contribution in [3.63, 3.8) is 0 Å². The molecule has 0 radical (unpaired) electrons. The Labute approximate surface area is 215 Å². The van der Waals surface area contributed by atoms with Gasteiger partial charge in [0.15, 0.2) is 0 Å². The van der Waals surface area contributed by atoms with E-state index in [1.165, 1.54) is 0 Å². The highest BCUT2D eigenvalue weighted by atomic mass is 35.5. The third-order valence-corrected chi connectivity index (χ3v) is 7.23. The number of amides is 2. The summed E-state index contributed by atoms with van der Waals surface area (Å²) in [5.41, 5.74) is 1.37. The molecule has 3 aliphatic heterocycles. The van der Waals surface area contributed by atoms with Gasteiger partial charge >= 0.3 is 0 Å². The van der Waals surface area contributed by atoms with E-state index in [1.807, 2.05) is 24.3 Å². The molecule has 3 N–H and O–H groups in total. The van der Waals surface area contributed by atoms with E-state index in [1.54, 1.807) is 12.1 Å². The molecule has 9 heteroatoms. The summed E-state index contributed by atoms with van der Waals surface area (Å²) < 4.78 is 11.8. The highest BCUT2D eigenvalue weighted by Gasteiger charge is 2.45. The average molecular weight is 509 g/mol. The predicted octanol–water partition coefficient (Wildman–Crippen LogP) is 3.09. The number of halogens is 1.